The average Bonchev–Trinajstić information content (AvgIpc) is 2.97. The van der Waals surface area contributed by atoms with Crippen LogP contribution in [0.4, 0.5) is 5.13 Å². The van der Waals surface area contributed by atoms with E-state index in [4.69, 9.17) is 39.8 Å². The summed E-state index contributed by atoms with van der Waals surface area (Å²) >= 11 is 19.8. The Morgan fingerprint density at radius 1 is 1.00 bits per heavy atom. The summed E-state index contributed by atoms with van der Waals surface area (Å²) in [6.07, 6.45) is 0. The Bertz CT molecular complexity index is 983. The van der Waals surface area contributed by atoms with Crippen molar-refractivity contribution < 1.29 is 4.79 Å². The number of hydrogen-bond donors (Lipinski definition) is 0. The van der Waals surface area contributed by atoms with Gasteiger partial charge >= 0.3 is 0 Å². The number of nitrogens with zero attached hydrogens (tertiary/aromatic N) is 3. The zero-order valence-electron chi connectivity index (χ0n) is 15.1. The number of thiazole rings is 1. The number of carbonyl (C=O) groups excluding carboxylic acids is 1. The van der Waals surface area contributed by atoms with Crippen LogP contribution in [0.2, 0.25) is 15.1 Å². The molecule has 0 aliphatic rings. The molecule has 0 N–H and O–H groups in total. The number of aryl methyl sites for hydroxylation is 1. The predicted molar refractivity (Wildman–Crippen MR) is 116 cm³/mol. The lowest BCUT2D eigenvalue weighted by molar-refractivity contribution is 0.0985. The molecule has 0 radical (unpaired) electrons. The molecule has 142 valence electrons. The number of rotatable bonds is 5. The van der Waals surface area contributed by atoms with Crippen LogP contribution in [-0.2, 0) is 0 Å². The number of amides is 1. The highest BCUT2D eigenvalue weighted by molar-refractivity contribution is 7.22. The van der Waals surface area contributed by atoms with Crippen molar-refractivity contribution in [3.05, 3.63) is 56.5 Å². The quantitative estimate of drug-likeness (QED) is 0.503. The molecule has 8 heteroatoms. The number of fused-ring (bicyclic) bond motifs is 1. The minimum absolute atomic E-state index is 0.191. The van der Waals surface area contributed by atoms with Crippen molar-refractivity contribution in [3.63, 3.8) is 0 Å². The van der Waals surface area contributed by atoms with E-state index in [1.54, 1.807) is 23.1 Å². The summed E-state index contributed by atoms with van der Waals surface area (Å²) in [6.45, 7) is 3.14. The summed E-state index contributed by atoms with van der Waals surface area (Å²) in [6, 6.07) is 8.58. The Kier molecular flexibility index (Phi) is 6.28. The van der Waals surface area contributed by atoms with Crippen molar-refractivity contribution in [2.24, 2.45) is 0 Å². The first-order valence-electron chi connectivity index (χ1n) is 8.24. The maximum atomic E-state index is 13.2. The molecule has 0 saturated carbocycles. The second kappa shape index (κ2) is 8.33. The Labute approximate surface area is 177 Å². The van der Waals surface area contributed by atoms with Crippen molar-refractivity contribution in [2.75, 3.05) is 32.1 Å². The van der Waals surface area contributed by atoms with Gasteiger partial charge in [0, 0.05) is 33.7 Å². The second-order valence-corrected chi connectivity index (χ2v) is 8.80. The maximum Gasteiger partial charge on any atom is 0.260 e. The van der Waals surface area contributed by atoms with Crippen molar-refractivity contribution in [2.45, 2.75) is 6.92 Å². The number of aromatic nitrogens is 1. The van der Waals surface area contributed by atoms with E-state index in [-0.39, 0.29) is 5.91 Å². The summed E-state index contributed by atoms with van der Waals surface area (Å²) in [5.74, 6) is -0.191. The standard InChI is InChI=1S/C19H18Cl3N3OS/c1-11-6-13(20)10-16-17(11)23-19(27-16)25(5-4-24(2)3)18(26)12-7-14(21)9-15(22)8-12/h6-10H,4-5H2,1-3H3. The van der Waals surface area contributed by atoms with E-state index in [0.717, 1.165) is 15.8 Å². The highest BCUT2D eigenvalue weighted by atomic mass is 35.5. The lowest BCUT2D eigenvalue weighted by atomic mass is 10.2. The van der Waals surface area contributed by atoms with Crippen molar-refractivity contribution in [3.8, 4) is 0 Å². The van der Waals surface area contributed by atoms with Crippen LogP contribution in [0.1, 0.15) is 15.9 Å². The third kappa shape index (κ3) is 4.73. The van der Waals surface area contributed by atoms with E-state index < -0.39 is 0 Å². The fourth-order valence-electron chi connectivity index (χ4n) is 2.68. The van der Waals surface area contributed by atoms with Crippen molar-refractivity contribution in [1.82, 2.24) is 9.88 Å². The molecule has 0 atom stereocenters. The molecule has 1 amide bonds. The van der Waals surface area contributed by atoms with E-state index in [9.17, 15) is 4.79 Å². The molecular formula is C19H18Cl3N3OS. The molecule has 1 aromatic heterocycles. The summed E-state index contributed by atoms with van der Waals surface area (Å²) in [5, 5.41) is 2.12. The molecule has 27 heavy (non-hydrogen) atoms. The average molecular weight is 443 g/mol. The number of likely N-dealkylation sites (N-methyl/N-ethyl adjacent to an activating group) is 1. The lowest BCUT2D eigenvalue weighted by Crippen LogP contribution is -2.36. The molecule has 4 nitrogen and oxygen atoms in total. The van der Waals surface area contributed by atoms with Gasteiger partial charge in [-0.25, -0.2) is 4.98 Å². The van der Waals surface area contributed by atoms with Crippen LogP contribution in [0, 0.1) is 6.92 Å². The van der Waals surface area contributed by atoms with Gasteiger partial charge in [0.25, 0.3) is 5.91 Å². The molecule has 3 aromatic rings. The van der Waals surface area contributed by atoms with E-state index in [2.05, 4.69) is 0 Å². The summed E-state index contributed by atoms with van der Waals surface area (Å²) in [5.41, 5.74) is 2.26. The number of carbonyl (C=O) groups is 1. The first kappa shape index (κ1) is 20.4. The normalized spacial score (nSPS) is 11.4. The molecule has 0 aliphatic carbocycles. The third-order valence-electron chi connectivity index (χ3n) is 4.00. The lowest BCUT2D eigenvalue weighted by Gasteiger charge is -2.22. The molecule has 0 fully saturated rings. The Balaban J connectivity index is 2.05. The topological polar surface area (TPSA) is 36.4 Å². The molecule has 0 unspecified atom stereocenters. The second-order valence-electron chi connectivity index (χ2n) is 6.48. The van der Waals surface area contributed by atoms with Gasteiger partial charge < -0.3 is 4.90 Å². The van der Waals surface area contributed by atoms with Gasteiger partial charge in [-0.05, 0) is 56.9 Å². The molecule has 0 saturated heterocycles. The fourth-order valence-corrected chi connectivity index (χ4v) is 4.65. The smallest absolute Gasteiger partial charge is 0.260 e. The van der Waals surface area contributed by atoms with Gasteiger partial charge in [-0.15, -0.1) is 0 Å². The van der Waals surface area contributed by atoms with E-state index in [0.29, 0.717) is 38.9 Å². The Morgan fingerprint density at radius 3 is 2.26 bits per heavy atom. The first-order valence-corrected chi connectivity index (χ1v) is 10.2. The SMILES string of the molecule is Cc1cc(Cl)cc2sc(N(CCN(C)C)C(=O)c3cc(Cl)cc(Cl)c3)nc12. The van der Waals surface area contributed by atoms with Gasteiger partial charge in [-0.1, -0.05) is 46.1 Å². The Hall–Kier alpha value is -1.37. The predicted octanol–water partition coefficient (Wildman–Crippen LogP) is 5.77. The van der Waals surface area contributed by atoms with Crippen LogP contribution >= 0.6 is 46.1 Å². The molecule has 0 spiro atoms. The molecule has 1 heterocycles. The minimum atomic E-state index is -0.191. The molecule has 3 rings (SSSR count). The van der Waals surface area contributed by atoms with Gasteiger partial charge in [-0.2, -0.15) is 0 Å². The molecular weight excluding hydrogens is 425 g/mol. The van der Waals surface area contributed by atoms with Gasteiger partial charge in [0.2, 0.25) is 0 Å². The maximum absolute atomic E-state index is 13.2. The van der Waals surface area contributed by atoms with Crippen molar-refractivity contribution in [1.29, 1.82) is 0 Å². The number of benzene rings is 2. The van der Waals surface area contributed by atoms with Crippen molar-refractivity contribution >= 4 is 67.4 Å². The molecule has 0 bridgehead atoms. The zero-order chi connectivity index (χ0) is 19.7. The van der Waals surface area contributed by atoms with Crippen LogP contribution in [-0.4, -0.2) is 43.0 Å². The van der Waals surface area contributed by atoms with E-state index in [1.807, 2.05) is 38.1 Å². The summed E-state index contributed by atoms with van der Waals surface area (Å²) < 4.78 is 0.946. The Morgan fingerprint density at radius 2 is 1.63 bits per heavy atom. The third-order valence-corrected chi connectivity index (χ3v) is 5.68. The van der Waals surface area contributed by atoms with Crippen LogP contribution in [0.5, 0.6) is 0 Å². The minimum Gasteiger partial charge on any atom is -0.308 e. The number of anilines is 1. The van der Waals surface area contributed by atoms with Crippen LogP contribution in [0.15, 0.2) is 30.3 Å². The molecule has 2 aromatic carbocycles. The fraction of sp³-hybridized carbons (Fsp3) is 0.263. The van der Waals surface area contributed by atoms with Gasteiger partial charge in [-0.3, -0.25) is 9.69 Å². The summed E-state index contributed by atoms with van der Waals surface area (Å²) in [7, 11) is 3.92. The van der Waals surface area contributed by atoms with Gasteiger partial charge in [0.05, 0.1) is 10.2 Å². The van der Waals surface area contributed by atoms with Crippen LogP contribution in [0.3, 0.4) is 0 Å². The van der Waals surface area contributed by atoms with Crippen LogP contribution in [0.25, 0.3) is 10.2 Å². The highest BCUT2D eigenvalue weighted by Gasteiger charge is 2.22. The zero-order valence-corrected chi connectivity index (χ0v) is 18.2. The van der Waals surface area contributed by atoms with Gasteiger partial charge in [0.15, 0.2) is 5.13 Å². The summed E-state index contributed by atoms with van der Waals surface area (Å²) in [4.78, 5) is 21.6. The highest BCUT2D eigenvalue weighted by Crippen LogP contribution is 2.34. The monoisotopic (exact) mass is 441 g/mol. The first-order chi connectivity index (χ1) is 12.7. The van der Waals surface area contributed by atoms with Gasteiger partial charge in [0.1, 0.15) is 0 Å². The molecule has 0 aliphatic heterocycles. The van der Waals surface area contributed by atoms with E-state index >= 15 is 0 Å². The van der Waals surface area contributed by atoms with E-state index in [1.165, 1.54) is 11.3 Å². The largest absolute Gasteiger partial charge is 0.308 e. The number of halogens is 3. The number of hydrogen-bond acceptors (Lipinski definition) is 4. The van der Waals surface area contributed by atoms with Crippen LogP contribution < -0.4 is 4.90 Å².